The van der Waals surface area contributed by atoms with Gasteiger partial charge in [0.1, 0.15) is 0 Å². The van der Waals surface area contributed by atoms with Crippen molar-refractivity contribution < 1.29 is 9.53 Å². The summed E-state index contributed by atoms with van der Waals surface area (Å²) >= 11 is 0. The molecule has 1 atom stereocenters. The van der Waals surface area contributed by atoms with Crippen LogP contribution in [0.25, 0.3) is 0 Å². The van der Waals surface area contributed by atoms with Crippen molar-refractivity contribution in [3.63, 3.8) is 0 Å². The van der Waals surface area contributed by atoms with Crippen LogP contribution in [0.5, 0.6) is 0 Å². The van der Waals surface area contributed by atoms with Gasteiger partial charge in [0.25, 0.3) is 0 Å². The molecule has 0 N–H and O–H groups in total. The molecule has 0 saturated carbocycles. The van der Waals surface area contributed by atoms with E-state index in [0.717, 1.165) is 19.3 Å². The second-order valence-electron chi connectivity index (χ2n) is 10.5. The Labute approximate surface area is 209 Å². The average Bonchev–Trinajstić information content (AvgIpc) is 2.82. The maximum absolute atomic E-state index is 12.8. The first-order valence-corrected chi connectivity index (χ1v) is 15.4. The van der Waals surface area contributed by atoms with Gasteiger partial charge >= 0.3 is 5.97 Å². The number of hydrogen-bond acceptors (Lipinski definition) is 2. The van der Waals surface area contributed by atoms with Gasteiger partial charge in [0.15, 0.2) is 0 Å². The normalized spacial score (nSPS) is 12.2. The monoisotopic (exact) mass is 466 g/mol. The second-order valence-corrected chi connectivity index (χ2v) is 10.5. The van der Waals surface area contributed by atoms with Crippen LogP contribution >= 0.6 is 0 Å². The van der Waals surface area contributed by atoms with E-state index < -0.39 is 0 Å². The highest BCUT2D eigenvalue weighted by Crippen LogP contribution is 2.21. The highest BCUT2D eigenvalue weighted by atomic mass is 16.5. The minimum Gasteiger partial charge on any atom is -0.465 e. The van der Waals surface area contributed by atoms with Crippen LogP contribution in [0.4, 0.5) is 0 Å². The molecular formula is C31H62O2. The number of carbonyl (C=O) groups is 1. The van der Waals surface area contributed by atoms with E-state index in [4.69, 9.17) is 4.74 Å². The highest BCUT2D eigenvalue weighted by molar-refractivity contribution is 5.72. The minimum atomic E-state index is 0.103. The van der Waals surface area contributed by atoms with E-state index >= 15 is 0 Å². The molecule has 0 saturated heterocycles. The molecule has 0 spiro atoms. The fraction of sp³-hybridized carbons (Fsp3) is 0.968. The summed E-state index contributed by atoms with van der Waals surface area (Å²) in [6, 6.07) is 0. The lowest BCUT2D eigenvalue weighted by atomic mass is 9.94. The Morgan fingerprint density at radius 1 is 0.455 bits per heavy atom. The maximum Gasteiger partial charge on any atom is 0.308 e. The van der Waals surface area contributed by atoms with Crippen LogP contribution in [0.15, 0.2) is 0 Å². The lowest BCUT2D eigenvalue weighted by Crippen LogP contribution is -2.18. The summed E-state index contributed by atoms with van der Waals surface area (Å²) in [7, 11) is 0. The smallest absolute Gasteiger partial charge is 0.308 e. The van der Waals surface area contributed by atoms with E-state index in [1.807, 2.05) is 0 Å². The van der Waals surface area contributed by atoms with E-state index in [0.29, 0.717) is 6.61 Å². The number of hydrogen-bond donors (Lipinski definition) is 0. The van der Waals surface area contributed by atoms with Gasteiger partial charge in [0.05, 0.1) is 12.5 Å². The number of ether oxygens (including phenoxy) is 1. The Balaban J connectivity index is 3.98. The highest BCUT2D eigenvalue weighted by Gasteiger charge is 2.19. The summed E-state index contributed by atoms with van der Waals surface area (Å²) in [5.41, 5.74) is 0. The van der Waals surface area contributed by atoms with Gasteiger partial charge in [-0.05, 0) is 19.3 Å². The van der Waals surface area contributed by atoms with Crippen LogP contribution < -0.4 is 0 Å². The van der Waals surface area contributed by atoms with Gasteiger partial charge in [-0.2, -0.15) is 0 Å². The van der Waals surface area contributed by atoms with Crippen molar-refractivity contribution in [1.29, 1.82) is 0 Å². The molecule has 0 radical (unpaired) electrons. The van der Waals surface area contributed by atoms with Crippen LogP contribution in [0.3, 0.4) is 0 Å². The van der Waals surface area contributed by atoms with Crippen molar-refractivity contribution in [3.8, 4) is 0 Å². The molecule has 2 heteroatoms. The summed E-state index contributed by atoms with van der Waals surface area (Å²) < 4.78 is 5.74. The standard InChI is InChI=1S/C31H62O2/c1-4-7-10-13-16-18-20-23-26-29-33-31(32)30(27-24-21-15-12-9-6-3)28-25-22-19-17-14-11-8-5-2/h30H,4-29H2,1-3H3. The number of esters is 1. The maximum atomic E-state index is 12.8. The Kier molecular flexibility index (Phi) is 27.3. The first kappa shape index (κ1) is 32.5. The zero-order valence-electron chi connectivity index (χ0n) is 23.3. The molecule has 0 rings (SSSR count). The van der Waals surface area contributed by atoms with Crippen molar-refractivity contribution in [2.24, 2.45) is 5.92 Å². The van der Waals surface area contributed by atoms with E-state index in [1.54, 1.807) is 0 Å². The Hall–Kier alpha value is -0.530. The van der Waals surface area contributed by atoms with Gasteiger partial charge in [-0.1, -0.05) is 162 Å². The molecular weight excluding hydrogens is 404 g/mol. The first-order chi connectivity index (χ1) is 16.3. The molecule has 0 fully saturated rings. The minimum absolute atomic E-state index is 0.103. The molecule has 0 aliphatic carbocycles. The molecule has 0 aliphatic rings. The van der Waals surface area contributed by atoms with Crippen LogP contribution in [0.1, 0.15) is 181 Å². The van der Waals surface area contributed by atoms with Gasteiger partial charge in [-0.15, -0.1) is 0 Å². The Morgan fingerprint density at radius 2 is 0.758 bits per heavy atom. The summed E-state index contributed by atoms with van der Waals surface area (Å²) in [4.78, 5) is 12.8. The van der Waals surface area contributed by atoms with E-state index in [-0.39, 0.29) is 11.9 Å². The van der Waals surface area contributed by atoms with Gasteiger partial charge < -0.3 is 4.74 Å². The predicted molar refractivity (Wildman–Crippen MR) is 147 cm³/mol. The van der Waals surface area contributed by atoms with Crippen LogP contribution in [-0.2, 0) is 9.53 Å². The lowest BCUT2D eigenvalue weighted by Gasteiger charge is -2.16. The molecule has 0 amide bonds. The molecule has 0 aliphatic heterocycles. The number of unbranched alkanes of at least 4 members (excludes halogenated alkanes) is 20. The molecule has 0 aromatic heterocycles. The summed E-state index contributed by atoms with van der Waals surface area (Å²) in [6.07, 6.45) is 32.3. The summed E-state index contributed by atoms with van der Waals surface area (Å²) in [6.45, 7) is 7.45. The third kappa shape index (κ3) is 24.4. The fourth-order valence-electron chi connectivity index (χ4n) is 4.78. The van der Waals surface area contributed by atoms with Gasteiger partial charge in [-0.3, -0.25) is 4.79 Å². The molecule has 0 aromatic carbocycles. The van der Waals surface area contributed by atoms with Crippen LogP contribution in [-0.4, -0.2) is 12.6 Å². The molecule has 198 valence electrons. The van der Waals surface area contributed by atoms with Crippen LogP contribution in [0.2, 0.25) is 0 Å². The van der Waals surface area contributed by atoms with E-state index in [2.05, 4.69) is 20.8 Å². The summed E-state index contributed by atoms with van der Waals surface area (Å²) in [5, 5.41) is 0. The molecule has 1 unspecified atom stereocenters. The van der Waals surface area contributed by atoms with Crippen molar-refractivity contribution in [2.45, 2.75) is 181 Å². The lowest BCUT2D eigenvalue weighted by molar-refractivity contribution is -0.149. The van der Waals surface area contributed by atoms with Gasteiger partial charge in [0, 0.05) is 0 Å². The molecule has 2 nitrogen and oxygen atoms in total. The number of carbonyl (C=O) groups excluding carboxylic acids is 1. The third-order valence-corrected chi connectivity index (χ3v) is 7.14. The molecule has 0 aromatic rings. The van der Waals surface area contributed by atoms with Gasteiger partial charge in [0.2, 0.25) is 0 Å². The van der Waals surface area contributed by atoms with E-state index in [9.17, 15) is 4.79 Å². The topological polar surface area (TPSA) is 26.3 Å². The second kappa shape index (κ2) is 27.7. The molecule has 0 heterocycles. The number of rotatable bonds is 27. The predicted octanol–water partition coefficient (Wildman–Crippen LogP) is 11.0. The third-order valence-electron chi connectivity index (χ3n) is 7.14. The van der Waals surface area contributed by atoms with Gasteiger partial charge in [-0.25, -0.2) is 0 Å². The largest absolute Gasteiger partial charge is 0.465 e. The van der Waals surface area contributed by atoms with Crippen molar-refractivity contribution in [2.75, 3.05) is 6.61 Å². The Morgan fingerprint density at radius 3 is 1.12 bits per heavy atom. The zero-order chi connectivity index (χ0) is 24.2. The Bertz CT molecular complexity index is 379. The van der Waals surface area contributed by atoms with E-state index in [1.165, 1.54) is 141 Å². The molecule has 33 heavy (non-hydrogen) atoms. The zero-order valence-corrected chi connectivity index (χ0v) is 23.3. The van der Waals surface area contributed by atoms with Crippen molar-refractivity contribution in [3.05, 3.63) is 0 Å². The van der Waals surface area contributed by atoms with Crippen molar-refractivity contribution >= 4 is 5.97 Å². The first-order valence-electron chi connectivity index (χ1n) is 15.4. The SMILES string of the molecule is CCCCCCCCCCCOC(=O)C(CCCCCCCC)CCCCCCCCCC. The van der Waals surface area contributed by atoms with Crippen LogP contribution in [0, 0.1) is 5.92 Å². The fourth-order valence-corrected chi connectivity index (χ4v) is 4.78. The molecule has 0 bridgehead atoms. The summed E-state index contributed by atoms with van der Waals surface area (Å²) in [5.74, 6) is 0.251. The van der Waals surface area contributed by atoms with Crippen molar-refractivity contribution in [1.82, 2.24) is 0 Å². The quantitative estimate of drug-likeness (QED) is 0.0888. The average molecular weight is 467 g/mol.